The highest BCUT2D eigenvalue weighted by Crippen LogP contribution is 2.34. The van der Waals surface area contributed by atoms with Crippen LogP contribution in [0, 0.1) is 0 Å². The monoisotopic (exact) mass is 552 g/mol. The summed E-state index contributed by atoms with van der Waals surface area (Å²) in [7, 11) is 4.22. The highest BCUT2D eigenvalue weighted by Gasteiger charge is 2.22. The number of rotatable bonds is 14. The molecular formula is C35H44N4O2. The Morgan fingerprint density at radius 3 is 2.22 bits per heavy atom. The van der Waals surface area contributed by atoms with Gasteiger partial charge in [0.25, 0.3) is 0 Å². The van der Waals surface area contributed by atoms with Crippen LogP contribution in [-0.4, -0.2) is 46.8 Å². The summed E-state index contributed by atoms with van der Waals surface area (Å²) in [5.41, 5.74) is 7.26. The second kappa shape index (κ2) is 13.8. The fraction of sp³-hybridized carbons (Fsp3) is 0.400. The van der Waals surface area contributed by atoms with Crippen LogP contribution in [0.15, 0.2) is 72.8 Å². The molecule has 0 spiro atoms. The van der Waals surface area contributed by atoms with Crippen molar-refractivity contribution in [3.63, 3.8) is 0 Å². The van der Waals surface area contributed by atoms with Crippen molar-refractivity contribution in [3.05, 3.63) is 89.6 Å². The Hall–Kier alpha value is -3.61. The van der Waals surface area contributed by atoms with E-state index < -0.39 is 0 Å². The van der Waals surface area contributed by atoms with Gasteiger partial charge in [0.1, 0.15) is 5.82 Å². The van der Waals surface area contributed by atoms with Crippen molar-refractivity contribution in [1.29, 1.82) is 0 Å². The van der Waals surface area contributed by atoms with Crippen LogP contribution in [0.2, 0.25) is 0 Å². The van der Waals surface area contributed by atoms with Crippen molar-refractivity contribution in [1.82, 2.24) is 19.4 Å². The molecule has 3 aromatic carbocycles. The van der Waals surface area contributed by atoms with E-state index in [1.54, 1.807) is 0 Å². The van der Waals surface area contributed by atoms with E-state index in [2.05, 4.69) is 109 Å². The van der Waals surface area contributed by atoms with Gasteiger partial charge in [-0.2, -0.15) is 0 Å². The zero-order valence-electron chi connectivity index (χ0n) is 25.1. The van der Waals surface area contributed by atoms with Crippen LogP contribution in [-0.2, 0) is 26.2 Å². The van der Waals surface area contributed by atoms with Gasteiger partial charge in [-0.1, -0.05) is 87.4 Å². The maximum Gasteiger partial charge on any atom is 0.231 e. The van der Waals surface area contributed by atoms with Gasteiger partial charge < -0.3 is 18.9 Å². The van der Waals surface area contributed by atoms with Crippen LogP contribution in [0.5, 0.6) is 11.5 Å². The molecule has 0 bridgehead atoms. The summed E-state index contributed by atoms with van der Waals surface area (Å²) in [4.78, 5) is 10.1. The van der Waals surface area contributed by atoms with Gasteiger partial charge in [0, 0.05) is 37.3 Å². The van der Waals surface area contributed by atoms with E-state index in [4.69, 9.17) is 14.5 Å². The number of benzene rings is 3. The number of aromatic nitrogens is 2. The van der Waals surface area contributed by atoms with Gasteiger partial charge in [-0.15, -0.1) is 0 Å². The number of unbranched alkanes of at least 4 members (excludes halogenated alkanes) is 2. The van der Waals surface area contributed by atoms with Gasteiger partial charge in [0.2, 0.25) is 6.79 Å². The topological polar surface area (TPSA) is 42.8 Å². The predicted molar refractivity (Wildman–Crippen MR) is 167 cm³/mol. The molecule has 1 aromatic heterocycles. The molecule has 4 aromatic rings. The van der Waals surface area contributed by atoms with E-state index in [1.807, 2.05) is 6.07 Å². The molecule has 0 saturated heterocycles. The summed E-state index contributed by atoms with van der Waals surface area (Å²) >= 11 is 0. The van der Waals surface area contributed by atoms with Crippen molar-refractivity contribution in [2.24, 2.45) is 0 Å². The quantitative estimate of drug-likeness (QED) is 0.161. The number of hydrogen-bond acceptors (Lipinski definition) is 5. The van der Waals surface area contributed by atoms with Crippen molar-refractivity contribution < 1.29 is 9.47 Å². The van der Waals surface area contributed by atoms with Gasteiger partial charge >= 0.3 is 0 Å². The van der Waals surface area contributed by atoms with Crippen molar-refractivity contribution in [2.45, 2.75) is 65.7 Å². The van der Waals surface area contributed by atoms with Gasteiger partial charge in [0.05, 0.1) is 11.4 Å². The summed E-state index contributed by atoms with van der Waals surface area (Å²) in [5, 5.41) is 0. The molecule has 216 valence electrons. The molecule has 0 radical (unpaired) electrons. The average molecular weight is 553 g/mol. The normalized spacial score (nSPS) is 12.5. The number of hydrogen-bond donors (Lipinski definition) is 0. The second-order valence-electron chi connectivity index (χ2n) is 11.3. The van der Waals surface area contributed by atoms with Crippen LogP contribution in [0.4, 0.5) is 0 Å². The summed E-state index contributed by atoms with van der Waals surface area (Å²) in [5.74, 6) is 2.73. The highest BCUT2D eigenvalue weighted by molar-refractivity contribution is 5.68. The third-order valence-electron chi connectivity index (χ3n) is 7.61. The number of ether oxygens (including phenoxy) is 2. The Labute approximate surface area is 245 Å². The van der Waals surface area contributed by atoms with Gasteiger partial charge in [-0.25, -0.2) is 4.98 Å². The molecule has 0 unspecified atom stereocenters. The molecule has 0 N–H and O–H groups in total. The molecule has 6 nitrogen and oxygen atoms in total. The fourth-order valence-corrected chi connectivity index (χ4v) is 5.48. The third-order valence-corrected chi connectivity index (χ3v) is 7.61. The zero-order valence-corrected chi connectivity index (χ0v) is 25.1. The first-order valence-corrected chi connectivity index (χ1v) is 15.1. The Balaban J connectivity index is 1.55. The highest BCUT2D eigenvalue weighted by atomic mass is 16.7. The molecule has 0 aliphatic carbocycles. The van der Waals surface area contributed by atoms with Crippen LogP contribution in [0.25, 0.3) is 22.6 Å². The van der Waals surface area contributed by atoms with Crippen LogP contribution in [0.3, 0.4) is 0 Å². The van der Waals surface area contributed by atoms with Crippen LogP contribution in [0.1, 0.15) is 56.4 Å². The lowest BCUT2D eigenvalue weighted by Crippen LogP contribution is -2.26. The van der Waals surface area contributed by atoms with Crippen LogP contribution < -0.4 is 9.47 Å². The van der Waals surface area contributed by atoms with Crippen molar-refractivity contribution in [2.75, 3.05) is 27.4 Å². The molecule has 6 heteroatoms. The first-order chi connectivity index (χ1) is 20.1. The molecule has 1 aliphatic heterocycles. The largest absolute Gasteiger partial charge is 0.454 e. The smallest absolute Gasteiger partial charge is 0.231 e. The standard InChI is InChI=1S/C35H44N4O2/c1-5-7-20-38(24-28-16-19-32-33(22-28)41-26-40-32)25-31-34(29-17-14-27(15-18-29)23-37(3)4)36-35(39(31)21-8-6-2)30-12-10-9-11-13-30/h9-19,22H,5-8,20-21,23-26H2,1-4H3. The zero-order chi connectivity index (χ0) is 28.6. The minimum atomic E-state index is 0.300. The summed E-state index contributed by atoms with van der Waals surface area (Å²) in [6, 6.07) is 26.0. The van der Waals surface area contributed by atoms with E-state index in [0.717, 1.165) is 87.0 Å². The van der Waals surface area contributed by atoms with E-state index in [1.165, 1.54) is 22.4 Å². The lowest BCUT2D eigenvalue weighted by molar-refractivity contribution is 0.174. The Morgan fingerprint density at radius 2 is 1.49 bits per heavy atom. The van der Waals surface area contributed by atoms with E-state index >= 15 is 0 Å². The van der Waals surface area contributed by atoms with Crippen LogP contribution >= 0.6 is 0 Å². The Morgan fingerprint density at radius 1 is 0.756 bits per heavy atom. The second-order valence-corrected chi connectivity index (χ2v) is 11.3. The van der Waals surface area contributed by atoms with Gasteiger partial charge in [-0.3, -0.25) is 4.90 Å². The van der Waals surface area contributed by atoms with Gasteiger partial charge in [-0.05, 0) is 56.7 Å². The molecule has 0 fully saturated rings. The van der Waals surface area contributed by atoms with E-state index in [-0.39, 0.29) is 0 Å². The molecule has 0 amide bonds. The molecular weight excluding hydrogens is 508 g/mol. The Kier molecular flexibility index (Phi) is 9.75. The lowest BCUT2D eigenvalue weighted by atomic mass is 10.1. The molecule has 0 saturated carbocycles. The Bertz CT molecular complexity index is 1400. The molecule has 1 aliphatic rings. The maximum absolute atomic E-state index is 5.69. The molecule has 41 heavy (non-hydrogen) atoms. The van der Waals surface area contributed by atoms with E-state index in [0.29, 0.717) is 6.79 Å². The number of imidazole rings is 1. The fourth-order valence-electron chi connectivity index (χ4n) is 5.48. The third kappa shape index (κ3) is 7.19. The molecule has 2 heterocycles. The summed E-state index contributed by atoms with van der Waals surface area (Å²) in [6.07, 6.45) is 4.55. The van der Waals surface area contributed by atoms with Crippen molar-refractivity contribution in [3.8, 4) is 34.1 Å². The van der Waals surface area contributed by atoms with Crippen molar-refractivity contribution >= 4 is 0 Å². The molecule has 5 rings (SSSR count). The SMILES string of the molecule is CCCCN(Cc1ccc2c(c1)OCO2)Cc1c(-c2ccc(CN(C)C)cc2)nc(-c2ccccc2)n1CCCC. The number of fused-ring (bicyclic) bond motifs is 1. The average Bonchev–Trinajstić information content (AvgIpc) is 3.60. The minimum absolute atomic E-state index is 0.300. The lowest BCUT2D eigenvalue weighted by Gasteiger charge is -2.24. The maximum atomic E-state index is 5.69. The molecule has 0 atom stereocenters. The first kappa shape index (κ1) is 28.9. The van der Waals surface area contributed by atoms with E-state index in [9.17, 15) is 0 Å². The number of nitrogens with zero attached hydrogens (tertiary/aromatic N) is 4. The summed E-state index contributed by atoms with van der Waals surface area (Å²) < 4.78 is 13.7. The summed E-state index contributed by atoms with van der Waals surface area (Å²) in [6.45, 7) is 9.39. The minimum Gasteiger partial charge on any atom is -0.454 e. The predicted octanol–water partition coefficient (Wildman–Crippen LogP) is 7.61. The first-order valence-electron chi connectivity index (χ1n) is 15.1. The van der Waals surface area contributed by atoms with Gasteiger partial charge in [0.15, 0.2) is 11.5 Å².